The first-order valence-corrected chi connectivity index (χ1v) is 8.24. The van der Waals surface area contributed by atoms with E-state index in [4.69, 9.17) is 0 Å². The summed E-state index contributed by atoms with van der Waals surface area (Å²) < 4.78 is 0. The van der Waals surface area contributed by atoms with Crippen molar-refractivity contribution in [3.05, 3.63) is 36.4 Å². The molecule has 0 saturated heterocycles. The highest BCUT2D eigenvalue weighted by molar-refractivity contribution is 6.39. The number of carbonyl (C=O) groups excluding carboxylic acids is 3. The SMILES string of the molecule is C=CCNC(=O)C(=O)Nc1ccc2c(c1)CCCN2C(=O)C1CC1. The quantitative estimate of drug-likeness (QED) is 0.651. The van der Waals surface area contributed by atoms with Gasteiger partial charge in [0.25, 0.3) is 0 Å². The number of amides is 3. The highest BCUT2D eigenvalue weighted by atomic mass is 16.2. The molecule has 6 heteroatoms. The van der Waals surface area contributed by atoms with Crippen LogP contribution in [0.4, 0.5) is 11.4 Å². The van der Waals surface area contributed by atoms with E-state index >= 15 is 0 Å². The number of hydrogen-bond acceptors (Lipinski definition) is 3. The lowest BCUT2D eigenvalue weighted by Gasteiger charge is -2.30. The second-order valence-corrected chi connectivity index (χ2v) is 6.16. The Bertz CT molecular complexity index is 695. The minimum absolute atomic E-state index is 0.184. The highest BCUT2D eigenvalue weighted by Crippen LogP contribution is 2.36. The van der Waals surface area contributed by atoms with Crippen molar-refractivity contribution in [3.8, 4) is 0 Å². The fraction of sp³-hybridized carbons (Fsp3) is 0.389. The van der Waals surface area contributed by atoms with Crippen molar-refractivity contribution in [1.82, 2.24) is 5.32 Å². The lowest BCUT2D eigenvalue weighted by Crippen LogP contribution is -2.37. The van der Waals surface area contributed by atoms with Crippen molar-refractivity contribution in [2.45, 2.75) is 25.7 Å². The topological polar surface area (TPSA) is 78.5 Å². The predicted molar refractivity (Wildman–Crippen MR) is 91.7 cm³/mol. The van der Waals surface area contributed by atoms with Gasteiger partial charge in [-0.1, -0.05) is 6.08 Å². The average Bonchev–Trinajstić information content (AvgIpc) is 3.43. The van der Waals surface area contributed by atoms with Crippen molar-refractivity contribution in [2.24, 2.45) is 5.92 Å². The minimum atomic E-state index is -0.710. The van der Waals surface area contributed by atoms with Crippen LogP contribution >= 0.6 is 0 Å². The molecule has 0 unspecified atom stereocenters. The van der Waals surface area contributed by atoms with Crippen LogP contribution in [-0.2, 0) is 20.8 Å². The molecule has 1 aliphatic heterocycles. The van der Waals surface area contributed by atoms with Crippen molar-refractivity contribution >= 4 is 29.1 Å². The third-order valence-electron chi connectivity index (χ3n) is 4.26. The molecule has 3 rings (SSSR count). The van der Waals surface area contributed by atoms with Crippen LogP contribution in [0.25, 0.3) is 0 Å². The number of rotatable bonds is 4. The summed E-state index contributed by atoms with van der Waals surface area (Å²) >= 11 is 0. The fourth-order valence-corrected chi connectivity index (χ4v) is 2.89. The van der Waals surface area contributed by atoms with E-state index < -0.39 is 11.8 Å². The van der Waals surface area contributed by atoms with Crippen molar-refractivity contribution in [1.29, 1.82) is 0 Å². The van der Waals surface area contributed by atoms with Crippen molar-refractivity contribution < 1.29 is 14.4 Å². The molecule has 1 saturated carbocycles. The van der Waals surface area contributed by atoms with E-state index in [-0.39, 0.29) is 18.4 Å². The van der Waals surface area contributed by atoms with Gasteiger partial charge in [0.05, 0.1) is 0 Å². The fourth-order valence-electron chi connectivity index (χ4n) is 2.89. The first-order chi connectivity index (χ1) is 11.6. The van der Waals surface area contributed by atoms with Crippen molar-refractivity contribution in [2.75, 3.05) is 23.3 Å². The molecule has 1 aliphatic carbocycles. The summed E-state index contributed by atoms with van der Waals surface area (Å²) in [5.41, 5.74) is 2.51. The van der Waals surface area contributed by atoms with Crippen molar-refractivity contribution in [3.63, 3.8) is 0 Å². The molecule has 24 heavy (non-hydrogen) atoms. The normalized spacial score (nSPS) is 16.1. The highest BCUT2D eigenvalue weighted by Gasteiger charge is 2.35. The van der Waals surface area contributed by atoms with E-state index in [0.29, 0.717) is 5.69 Å². The zero-order chi connectivity index (χ0) is 17.1. The molecule has 1 fully saturated rings. The summed E-state index contributed by atoms with van der Waals surface area (Å²) in [7, 11) is 0. The molecular formula is C18H21N3O3. The van der Waals surface area contributed by atoms with Crippen LogP contribution in [0.15, 0.2) is 30.9 Å². The van der Waals surface area contributed by atoms with Gasteiger partial charge >= 0.3 is 11.8 Å². The molecule has 0 spiro atoms. The molecule has 1 heterocycles. The summed E-state index contributed by atoms with van der Waals surface area (Å²) in [5.74, 6) is -1.02. The van der Waals surface area contributed by atoms with Crippen LogP contribution in [-0.4, -0.2) is 30.8 Å². The van der Waals surface area contributed by atoms with E-state index in [9.17, 15) is 14.4 Å². The second kappa shape index (κ2) is 6.86. The number of hydrogen-bond donors (Lipinski definition) is 2. The first-order valence-electron chi connectivity index (χ1n) is 8.24. The number of nitrogens with one attached hydrogen (secondary N) is 2. The van der Waals surface area contributed by atoms with Crippen LogP contribution in [0.1, 0.15) is 24.8 Å². The molecule has 2 N–H and O–H groups in total. The van der Waals surface area contributed by atoms with Gasteiger partial charge in [0.2, 0.25) is 5.91 Å². The zero-order valence-corrected chi connectivity index (χ0v) is 13.5. The Hall–Kier alpha value is -2.63. The maximum atomic E-state index is 12.4. The Morgan fingerprint density at radius 3 is 2.75 bits per heavy atom. The summed E-state index contributed by atoms with van der Waals surface area (Å²) in [5, 5.41) is 5.03. The van der Waals surface area contributed by atoms with Crippen LogP contribution < -0.4 is 15.5 Å². The molecule has 126 valence electrons. The van der Waals surface area contributed by atoms with E-state index in [2.05, 4.69) is 17.2 Å². The monoisotopic (exact) mass is 327 g/mol. The number of nitrogens with zero attached hydrogens (tertiary/aromatic N) is 1. The summed E-state index contributed by atoms with van der Waals surface area (Å²) in [4.78, 5) is 37.7. The standard InChI is InChI=1S/C18H21N3O3/c1-2-9-19-16(22)17(23)20-14-7-8-15-13(11-14)4-3-10-21(15)18(24)12-5-6-12/h2,7-8,11-12H,1,3-6,9-10H2,(H,19,22)(H,20,23). The summed E-state index contributed by atoms with van der Waals surface area (Å²) in [6, 6.07) is 5.43. The Balaban J connectivity index is 1.71. The Labute approximate surface area is 140 Å². The van der Waals surface area contributed by atoms with E-state index in [1.807, 2.05) is 17.0 Å². The lowest BCUT2D eigenvalue weighted by atomic mass is 10.0. The van der Waals surface area contributed by atoms with Gasteiger partial charge in [-0.15, -0.1) is 6.58 Å². The number of anilines is 2. The molecule has 0 radical (unpaired) electrons. The average molecular weight is 327 g/mol. The Kier molecular flexibility index (Phi) is 4.64. The van der Waals surface area contributed by atoms with E-state index in [0.717, 1.165) is 43.5 Å². The van der Waals surface area contributed by atoms with Crippen LogP contribution in [0.2, 0.25) is 0 Å². The first kappa shape index (κ1) is 16.2. The van der Waals surface area contributed by atoms with Gasteiger partial charge in [-0.2, -0.15) is 0 Å². The largest absolute Gasteiger partial charge is 0.344 e. The van der Waals surface area contributed by atoms with Crippen LogP contribution in [0.3, 0.4) is 0 Å². The number of carbonyl (C=O) groups is 3. The van der Waals surface area contributed by atoms with Gasteiger partial charge in [-0.05, 0) is 49.4 Å². The molecule has 0 atom stereocenters. The van der Waals surface area contributed by atoms with E-state index in [1.54, 1.807) is 6.07 Å². The maximum Gasteiger partial charge on any atom is 0.313 e. The van der Waals surface area contributed by atoms with Gasteiger partial charge < -0.3 is 15.5 Å². The van der Waals surface area contributed by atoms with Gasteiger partial charge in [-0.25, -0.2) is 0 Å². The van der Waals surface area contributed by atoms with Gasteiger partial charge in [0.1, 0.15) is 0 Å². The van der Waals surface area contributed by atoms with Crippen LogP contribution in [0.5, 0.6) is 0 Å². The van der Waals surface area contributed by atoms with Gasteiger partial charge in [-0.3, -0.25) is 14.4 Å². The number of aryl methyl sites for hydroxylation is 1. The maximum absolute atomic E-state index is 12.4. The summed E-state index contributed by atoms with van der Waals surface area (Å²) in [6.07, 6.45) is 5.24. The summed E-state index contributed by atoms with van der Waals surface area (Å²) in [6.45, 7) is 4.48. The molecule has 2 aliphatic rings. The zero-order valence-electron chi connectivity index (χ0n) is 13.5. The Morgan fingerprint density at radius 1 is 1.25 bits per heavy atom. The molecule has 1 aromatic carbocycles. The molecular weight excluding hydrogens is 306 g/mol. The van der Waals surface area contributed by atoms with Gasteiger partial charge in [0.15, 0.2) is 0 Å². The third-order valence-corrected chi connectivity index (χ3v) is 4.26. The predicted octanol–water partition coefficient (Wildman–Crippen LogP) is 1.62. The molecule has 1 aromatic rings. The third kappa shape index (κ3) is 3.48. The second-order valence-electron chi connectivity index (χ2n) is 6.16. The molecule has 0 aromatic heterocycles. The van der Waals surface area contributed by atoms with Gasteiger partial charge in [0, 0.05) is 30.4 Å². The number of benzene rings is 1. The smallest absolute Gasteiger partial charge is 0.313 e. The number of fused-ring (bicyclic) bond motifs is 1. The molecule has 6 nitrogen and oxygen atoms in total. The molecule has 3 amide bonds. The Morgan fingerprint density at radius 2 is 2.04 bits per heavy atom. The van der Waals surface area contributed by atoms with Crippen LogP contribution in [0, 0.1) is 5.92 Å². The lowest BCUT2D eigenvalue weighted by molar-refractivity contribution is -0.136. The van der Waals surface area contributed by atoms with E-state index in [1.165, 1.54) is 6.08 Å². The minimum Gasteiger partial charge on any atom is -0.344 e. The molecule has 0 bridgehead atoms.